The highest BCUT2D eigenvalue weighted by Crippen LogP contribution is 2.15. The summed E-state index contributed by atoms with van der Waals surface area (Å²) in [7, 11) is 0. The Kier molecular flexibility index (Phi) is 4.69. The van der Waals surface area contributed by atoms with E-state index in [0.717, 1.165) is 23.8 Å². The number of nitrogens with zero attached hydrogens (tertiary/aromatic N) is 4. The van der Waals surface area contributed by atoms with Crippen LogP contribution in [-0.4, -0.2) is 42.0 Å². The molecule has 3 heterocycles. The molecule has 6 heteroatoms. The van der Waals surface area contributed by atoms with E-state index in [2.05, 4.69) is 16.0 Å². The van der Waals surface area contributed by atoms with E-state index in [4.69, 9.17) is 5.26 Å². The van der Waals surface area contributed by atoms with Gasteiger partial charge in [-0.15, -0.1) is 11.3 Å². The van der Waals surface area contributed by atoms with Crippen LogP contribution in [0.25, 0.3) is 6.08 Å². The molecule has 1 aliphatic heterocycles. The van der Waals surface area contributed by atoms with Gasteiger partial charge in [-0.2, -0.15) is 5.26 Å². The number of hydrogen-bond donors (Lipinski definition) is 0. The second kappa shape index (κ2) is 7.07. The number of carbonyl (C=O) groups excluding carboxylic acids is 1. The molecule has 0 N–H and O–H groups in total. The third kappa shape index (κ3) is 3.76. The fraction of sp³-hybridized carbons (Fsp3) is 0.235. The monoisotopic (exact) mass is 324 g/mol. The van der Waals surface area contributed by atoms with Gasteiger partial charge in [0.05, 0.1) is 11.6 Å². The Morgan fingerprint density at radius 3 is 2.83 bits per heavy atom. The zero-order valence-electron chi connectivity index (χ0n) is 12.6. The van der Waals surface area contributed by atoms with Crippen LogP contribution in [0.15, 0.2) is 41.9 Å². The third-order valence-corrected chi connectivity index (χ3v) is 4.56. The highest BCUT2D eigenvalue weighted by molar-refractivity contribution is 7.10. The van der Waals surface area contributed by atoms with Gasteiger partial charge < -0.3 is 9.80 Å². The van der Waals surface area contributed by atoms with Crippen molar-refractivity contribution >= 4 is 29.1 Å². The van der Waals surface area contributed by atoms with Gasteiger partial charge in [-0.05, 0) is 29.7 Å². The van der Waals surface area contributed by atoms with E-state index < -0.39 is 0 Å². The first kappa shape index (κ1) is 15.3. The van der Waals surface area contributed by atoms with Crippen molar-refractivity contribution in [2.24, 2.45) is 0 Å². The second-order valence-corrected chi connectivity index (χ2v) is 6.15. The van der Waals surface area contributed by atoms with Crippen LogP contribution in [0.5, 0.6) is 0 Å². The average molecular weight is 324 g/mol. The summed E-state index contributed by atoms with van der Waals surface area (Å²) in [5.41, 5.74) is 0.604. The van der Waals surface area contributed by atoms with E-state index in [9.17, 15) is 4.79 Å². The van der Waals surface area contributed by atoms with E-state index >= 15 is 0 Å². The van der Waals surface area contributed by atoms with Crippen LogP contribution in [0.3, 0.4) is 0 Å². The molecule has 3 rings (SSSR count). The fourth-order valence-electron chi connectivity index (χ4n) is 2.46. The van der Waals surface area contributed by atoms with Crippen LogP contribution in [0.2, 0.25) is 0 Å². The summed E-state index contributed by atoms with van der Waals surface area (Å²) in [6.07, 6.45) is 5.14. The normalized spacial score (nSPS) is 14.9. The van der Waals surface area contributed by atoms with Crippen LogP contribution in [0.4, 0.5) is 5.82 Å². The minimum absolute atomic E-state index is 0.0387. The standard InChI is InChI=1S/C17H16N4OS/c18-13-14-5-6-19-16(12-14)20-7-9-21(10-8-20)17(22)4-3-15-2-1-11-23-15/h1-6,11-12H,7-10H2/b4-3+. The topological polar surface area (TPSA) is 60.2 Å². The van der Waals surface area contributed by atoms with Gasteiger partial charge in [0.1, 0.15) is 5.82 Å². The third-order valence-electron chi connectivity index (χ3n) is 3.72. The number of hydrogen-bond acceptors (Lipinski definition) is 5. The highest BCUT2D eigenvalue weighted by atomic mass is 32.1. The van der Waals surface area contributed by atoms with Crippen molar-refractivity contribution in [3.8, 4) is 6.07 Å². The van der Waals surface area contributed by atoms with Crippen LogP contribution in [0, 0.1) is 11.3 Å². The van der Waals surface area contributed by atoms with Crippen LogP contribution in [0.1, 0.15) is 10.4 Å². The molecule has 5 nitrogen and oxygen atoms in total. The number of carbonyl (C=O) groups is 1. The predicted octanol–water partition coefficient (Wildman–Crippen LogP) is 2.38. The second-order valence-electron chi connectivity index (χ2n) is 5.18. The maximum absolute atomic E-state index is 12.2. The van der Waals surface area contributed by atoms with Crippen LogP contribution in [-0.2, 0) is 4.79 Å². The molecular weight excluding hydrogens is 308 g/mol. The molecule has 0 atom stereocenters. The molecule has 0 unspecified atom stereocenters. The fourth-order valence-corrected chi connectivity index (χ4v) is 3.08. The first-order valence-electron chi connectivity index (χ1n) is 7.38. The zero-order chi connectivity index (χ0) is 16.1. The number of pyridine rings is 1. The van der Waals surface area contributed by atoms with E-state index in [1.807, 2.05) is 28.5 Å². The van der Waals surface area contributed by atoms with Gasteiger partial charge in [-0.25, -0.2) is 4.98 Å². The van der Waals surface area contributed by atoms with Gasteiger partial charge >= 0.3 is 0 Å². The summed E-state index contributed by atoms with van der Waals surface area (Å²) in [5, 5.41) is 10.9. The Bertz CT molecular complexity index is 740. The first-order valence-corrected chi connectivity index (χ1v) is 8.26. The van der Waals surface area contributed by atoms with Gasteiger partial charge in [0.2, 0.25) is 5.91 Å². The van der Waals surface area contributed by atoms with Crippen molar-refractivity contribution in [1.29, 1.82) is 5.26 Å². The minimum Gasteiger partial charge on any atom is -0.353 e. The highest BCUT2D eigenvalue weighted by Gasteiger charge is 2.20. The first-order chi connectivity index (χ1) is 11.3. The molecule has 23 heavy (non-hydrogen) atoms. The van der Waals surface area contributed by atoms with E-state index in [0.29, 0.717) is 18.7 Å². The van der Waals surface area contributed by atoms with Crippen molar-refractivity contribution in [1.82, 2.24) is 9.88 Å². The number of aromatic nitrogens is 1. The molecule has 1 fully saturated rings. The lowest BCUT2D eigenvalue weighted by Crippen LogP contribution is -2.48. The van der Waals surface area contributed by atoms with Gasteiger partial charge in [0, 0.05) is 43.3 Å². The maximum atomic E-state index is 12.2. The van der Waals surface area contributed by atoms with Crippen molar-refractivity contribution in [2.45, 2.75) is 0 Å². The van der Waals surface area contributed by atoms with E-state index in [-0.39, 0.29) is 5.91 Å². The minimum atomic E-state index is 0.0387. The molecule has 0 spiro atoms. The van der Waals surface area contributed by atoms with Gasteiger partial charge in [-0.1, -0.05) is 6.07 Å². The van der Waals surface area contributed by atoms with Crippen LogP contribution >= 0.6 is 11.3 Å². The molecule has 0 aliphatic carbocycles. The molecule has 0 bridgehead atoms. The Hall–Kier alpha value is -2.65. The van der Waals surface area contributed by atoms with Gasteiger partial charge in [0.15, 0.2) is 0 Å². The lowest BCUT2D eigenvalue weighted by atomic mass is 10.2. The Morgan fingerprint density at radius 2 is 2.13 bits per heavy atom. The number of piperazine rings is 1. The van der Waals surface area contributed by atoms with Crippen molar-refractivity contribution < 1.29 is 4.79 Å². The van der Waals surface area contributed by atoms with Crippen LogP contribution < -0.4 is 4.90 Å². The average Bonchev–Trinajstić information content (AvgIpc) is 3.13. The SMILES string of the molecule is N#Cc1ccnc(N2CCN(C(=O)/C=C/c3cccs3)CC2)c1. The van der Waals surface area contributed by atoms with E-state index in [1.165, 1.54) is 0 Å². The molecule has 1 aliphatic rings. The molecule has 2 aromatic rings. The lowest BCUT2D eigenvalue weighted by molar-refractivity contribution is -0.126. The number of thiophene rings is 1. The summed E-state index contributed by atoms with van der Waals surface area (Å²) in [6.45, 7) is 2.76. The molecule has 0 radical (unpaired) electrons. The number of anilines is 1. The Morgan fingerprint density at radius 1 is 1.30 bits per heavy atom. The number of amides is 1. The summed E-state index contributed by atoms with van der Waals surface area (Å²) in [6, 6.07) is 9.56. The van der Waals surface area contributed by atoms with Crippen molar-refractivity contribution in [3.05, 3.63) is 52.4 Å². The Labute approximate surface area is 139 Å². The zero-order valence-corrected chi connectivity index (χ0v) is 13.4. The van der Waals surface area contributed by atoms with Gasteiger partial charge in [0.25, 0.3) is 0 Å². The molecule has 0 saturated carbocycles. The maximum Gasteiger partial charge on any atom is 0.246 e. The molecule has 0 aromatic carbocycles. The molecule has 2 aromatic heterocycles. The number of rotatable bonds is 3. The predicted molar refractivity (Wildman–Crippen MR) is 91.1 cm³/mol. The molecule has 116 valence electrons. The van der Waals surface area contributed by atoms with E-state index in [1.54, 1.807) is 35.7 Å². The quantitative estimate of drug-likeness (QED) is 0.813. The molecule has 1 saturated heterocycles. The molecule has 1 amide bonds. The summed E-state index contributed by atoms with van der Waals surface area (Å²) in [5.74, 6) is 0.835. The van der Waals surface area contributed by atoms with Gasteiger partial charge in [-0.3, -0.25) is 4.79 Å². The lowest BCUT2D eigenvalue weighted by Gasteiger charge is -2.35. The molecular formula is C17H16N4OS. The summed E-state index contributed by atoms with van der Waals surface area (Å²) in [4.78, 5) is 21.5. The smallest absolute Gasteiger partial charge is 0.246 e. The van der Waals surface area contributed by atoms with Crippen molar-refractivity contribution in [3.63, 3.8) is 0 Å². The largest absolute Gasteiger partial charge is 0.353 e. The summed E-state index contributed by atoms with van der Waals surface area (Å²) < 4.78 is 0. The van der Waals surface area contributed by atoms with Crippen molar-refractivity contribution in [2.75, 3.05) is 31.1 Å². The number of nitriles is 1. The Balaban J connectivity index is 1.57. The summed E-state index contributed by atoms with van der Waals surface area (Å²) >= 11 is 1.61.